The Morgan fingerprint density at radius 3 is 2.35 bits per heavy atom. The molecule has 0 aliphatic heterocycles. The lowest BCUT2D eigenvalue weighted by molar-refractivity contribution is 0.0901. The highest BCUT2D eigenvalue weighted by Crippen LogP contribution is 2.25. The summed E-state index contributed by atoms with van der Waals surface area (Å²) < 4.78 is 2.84. The maximum atomic E-state index is 13.2. The number of aromatic nitrogens is 3. The second-order valence-corrected chi connectivity index (χ2v) is 9.27. The SMILES string of the molecule is CC(C)c1ccc(C(CNC(=O)c2cc(=O)[nH]c(=O)[nH]2)NC(=O)c2cc3sccc3n2C)cc1. The van der Waals surface area contributed by atoms with Crippen LogP contribution in [-0.4, -0.2) is 32.9 Å². The quantitative estimate of drug-likeness (QED) is 0.325. The maximum absolute atomic E-state index is 13.2. The van der Waals surface area contributed by atoms with E-state index in [1.165, 1.54) is 0 Å². The van der Waals surface area contributed by atoms with E-state index in [1.54, 1.807) is 11.3 Å². The van der Waals surface area contributed by atoms with Crippen molar-refractivity contribution < 1.29 is 9.59 Å². The van der Waals surface area contributed by atoms with Gasteiger partial charge in [-0.1, -0.05) is 38.1 Å². The van der Waals surface area contributed by atoms with E-state index in [2.05, 4.69) is 29.5 Å². The predicted molar refractivity (Wildman–Crippen MR) is 132 cm³/mol. The van der Waals surface area contributed by atoms with E-state index < -0.39 is 23.2 Å². The number of rotatable bonds is 7. The molecular weight excluding hydrogens is 454 g/mol. The summed E-state index contributed by atoms with van der Waals surface area (Å²) in [6.07, 6.45) is 0. The molecule has 4 rings (SSSR count). The minimum absolute atomic E-state index is 0.0548. The standard InChI is InChI=1S/C24H25N5O4S/c1-13(2)14-4-6-15(7-5-14)17(12-25-22(31)16-10-21(30)28-24(33)27-16)26-23(32)19-11-20-18(29(19)3)8-9-34-20/h4-11,13,17H,12H2,1-3H3,(H,25,31)(H,26,32)(H2,27,28,30,33). The topological polar surface area (TPSA) is 129 Å². The van der Waals surface area contributed by atoms with Crippen molar-refractivity contribution in [2.24, 2.45) is 7.05 Å². The Morgan fingerprint density at radius 2 is 1.71 bits per heavy atom. The number of aromatic amines is 2. The molecule has 4 N–H and O–H groups in total. The van der Waals surface area contributed by atoms with Gasteiger partial charge in [0.15, 0.2) is 0 Å². The molecule has 1 atom stereocenters. The zero-order valence-corrected chi connectivity index (χ0v) is 19.8. The molecular formula is C24H25N5O4S. The molecule has 0 fully saturated rings. The fourth-order valence-corrected chi connectivity index (χ4v) is 4.60. The van der Waals surface area contributed by atoms with Crippen LogP contribution in [0.25, 0.3) is 10.2 Å². The van der Waals surface area contributed by atoms with Gasteiger partial charge in [0, 0.05) is 19.7 Å². The van der Waals surface area contributed by atoms with Gasteiger partial charge in [-0.15, -0.1) is 11.3 Å². The molecule has 0 radical (unpaired) electrons. The third-order valence-corrected chi connectivity index (χ3v) is 6.53. The van der Waals surface area contributed by atoms with E-state index in [9.17, 15) is 19.2 Å². The maximum Gasteiger partial charge on any atom is 0.326 e. The number of benzene rings is 1. The number of hydrogen-bond donors (Lipinski definition) is 4. The minimum Gasteiger partial charge on any atom is -0.348 e. The Balaban J connectivity index is 1.58. The number of fused-ring (bicyclic) bond motifs is 1. The van der Waals surface area contributed by atoms with Crippen LogP contribution in [0.4, 0.5) is 0 Å². The molecule has 2 amide bonds. The van der Waals surface area contributed by atoms with Gasteiger partial charge in [0.05, 0.1) is 16.3 Å². The number of amides is 2. The van der Waals surface area contributed by atoms with Gasteiger partial charge in [-0.3, -0.25) is 19.4 Å². The van der Waals surface area contributed by atoms with Gasteiger partial charge in [-0.2, -0.15) is 0 Å². The Labute approximate surface area is 198 Å². The van der Waals surface area contributed by atoms with Gasteiger partial charge in [0.2, 0.25) is 0 Å². The molecule has 34 heavy (non-hydrogen) atoms. The number of hydrogen-bond acceptors (Lipinski definition) is 5. The van der Waals surface area contributed by atoms with E-state index in [4.69, 9.17) is 0 Å². The molecule has 0 saturated carbocycles. The first kappa shape index (κ1) is 23.2. The van der Waals surface area contributed by atoms with Gasteiger partial charge in [0.25, 0.3) is 17.4 Å². The third kappa shape index (κ3) is 4.86. The number of thiophene rings is 1. The van der Waals surface area contributed by atoms with Crippen molar-refractivity contribution in [1.82, 2.24) is 25.2 Å². The molecule has 3 aromatic heterocycles. The highest BCUT2D eigenvalue weighted by Gasteiger charge is 2.21. The summed E-state index contributed by atoms with van der Waals surface area (Å²) in [5, 5.41) is 7.68. The molecule has 0 aliphatic rings. The van der Waals surface area contributed by atoms with Crippen LogP contribution in [0.1, 0.15) is 57.9 Å². The van der Waals surface area contributed by atoms with Gasteiger partial charge < -0.3 is 20.2 Å². The monoisotopic (exact) mass is 479 g/mol. The van der Waals surface area contributed by atoms with E-state index in [1.807, 2.05) is 58.4 Å². The van der Waals surface area contributed by atoms with Crippen LogP contribution in [0.15, 0.2) is 57.4 Å². The normalized spacial score (nSPS) is 12.1. The predicted octanol–water partition coefficient (Wildman–Crippen LogP) is 2.64. The fourth-order valence-electron chi connectivity index (χ4n) is 3.75. The van der Waals surface area contributed by atoms with E-state index in [-0.39, 0.29) is 18.1 Å². The van der Waals surface area contributed by atoms with Gasteiger partial charge in [-0.25, -0.2) is 4.79 Å². The van der Waals surface area contributed by atoms with Crippen LogP contribution in [0.3, 0.4) is 0 Å². The molecule has 0 aliphatic carbocycles. The number of aryl methyl sites for hydroxylation is 1. The number of H-pyrrole nitrogens is 2. The van der Waals surface area contributed by atoms with Gasteiger partial charge >= 0.3 is 5.69 Å². The van der Waals surface area contributed by atoms with Crippen molar-refractivity contribution in [2.45, 2.75) is 25.8 Å². The Hall–Kier alpha value is -3.92. The highest BCUT2D eigenvalue weighted by atomic mass is 32.1. The van der Waals surface area contributed by atoms with Crippen LogP contribution in [0.2, 0.25) is 0 Å². The van der Waals surface area contributed by atoms with E-state index in [0.29, 0.717) is 11.6 Å². The molecule has 1 aromatic carbocycles. The number of carbonyl (C=O) groups is 2. The summed E-state index contributed by atoms with van der Waals surface area (Å²) in [6, 6.07) is 12.1. The Bertz CT molecular complexity index is 1430. The van der Waals surface area contributed by atoms with Crippen molar-refractivity contribution >= 4 is 33.4 Å². The fraction of sp³-hybridized carbons (Fsp3) is 0.250. The summed E-state index contributed by atoms with van der Waals surface area (Å²) in [5.41, 5.74) is 1.85. The summed E-state index contributed by atoms with van der Waals surface area (Å²) in [4.78, 5) is 53.1. The van der Waals surface area contributed by atoms with Crippen molar-refractivity contribution in [3.63, 3.8) is 0 Å². The van der Waals surface area contributed by atoms with Gasteiger partial charge in [0.1, 0.15) is 11.4 Å². The Morgan fingerprint density at radius 1 is 1.00 bits per heavy atom. The van der Waals surface area contributed by atoms with Crippen LogP contribution >= 0.6 is 11.3 Å². The van der Waals surface area contributed by atoms with Gasteiger partial charge in [-0.05, 0) is 34.6 Å². The zero-order chi connectivity index (χ0) is 24.4. The van der Waals surface area contributed by atoms with E-state index >= 15 is 0 Å². The first-order valence-electron chi connectivity index (χ1n) is 10.8. The first-order chi connectivity index (χ1) is 16.2. The van der Waals surface area contributed by atoms with Crippen LogP contribution in [0.5, 0.6) is 0 Å². The molecule has 3 heterocycles. The number of nitrogens with one attached hydrogen (secondary N) is 4. The zero-order valence-electron chi connectivity index (χ0n) is 19.0. The molecule has 0 saturated heterocycles. The molecule has 176 valence electrons. The van der Waals surface area contributed by atoms with Crippen LogP contribution in [-0.2, 0) is 7.05 Å². The Kier molecular flexibility index (Phi) is 6.51. The van der Waals surface area contributed by atoms with E-state index in [0.717, 1.165) is 27.4 Å². The highest BCUT2D eigenvalue weighted by molar-refractivity contribution is 7.17. The summed E-state index contributed by atoms with van der Waals surface area (Å²) >= 11 is 1.56. The largest absolute Gasteiger partial charge is 0.348 e. The lowest BCUT2D eigenvalue weighted by Gasteiger charge is -2.21. The summed E-state index contributed by atoms with van der Waals surface area (Å²) in [5.74, 6) is -0.547. The van der Waals surface area contributed by atoms with Crippen molar-refractivity contribution in [1.29, 1.82) is 0 Å². The van der Waals surface area contributed by atoms with Crippen molar-refractivity contribution in [3.05, 3.63) is 91.2 Å². The molecule has 10 heteroatoms. The lowest BCUT2D eigenvalue weighted by Crippen LogP contribution is -2.39. The number of nitrogens with zero attached hydrogens (tertiary/aromatic N) is 1. The second-order valence-electron chi connectivity index (χ2n) is 8.32. The molecule has 9 nitrogen and oxygen atoms in total. The smallest absolute Gasteiger partial charge is 0.326 e. The molecule has 4 aromatic rings. The van der Waals surface area contributed by atoms with Crippen LogP contribution in [0, 0.1) is 0 Å². The molecule has 0 bridgehead atoms. The summed E-state index contributed by atoms with van der Waals surface area (Å²) in [6.45, 7) is 4.25. The minimum atomic E-state index is -0.768. The third-order valence-electron chi connectivity index (χ3n) is 5.68. The van der Waals surface area contributed by atoms with Crippen LogP contribution < -0.4 is 21.9 Å². The molecule has 1 unspecified atom stereocenters. The first-order valence-corrected chi connectivity index (χ1v) is 11.7. The van der Waals surface area contributed by atoms with Crippen molar-refractivity contribution in [2.75, 3.05) is 6.54 Å². The second kappa shape index (κ2) is 9.52. The average Bonchev–Trinajstić information content (AvgIpc) is 3.38. The number of carbonyl (C=O) groups excluding carboxylic acids is 2. The van der Waals surface area contributed by atoms with Crippen molar-refractivity contribution in [3.8, 4) is 0 Å². The molecule has 0 spiro atoms. The average molecular weight is 480 g/mol. The summed E-state index contributed by atoms with van der Waals surface area (Å²) in [7, 11) is 1.83. The lowest BCUT2D eigenvalue weighted by atomic mass is 9.99.